The molecule has 0 aromatic heterocycles. The monoisotopic (exact) mass is 305 g/mol. The van der Waals surface area contributed by atoms with Crippen molar-refractivity contribution >= 4 is 28.5 Å². The van der Waals surface area contributed by atoms with Crippen LogP contribution in [0.15, 0.2) is 21.6 Å². The smallest absolute Gasteiger partial charge is 0.244 e. The van der Waals surface area contributed by atoms with Crippen LogP contribution >= 0.6 is 22.6 Å². The molecule has 14 heavy (non-hydrogen) atoms. The summed E-state index contributed by atoms with van der Waals surface area (Å²) in [6.07, 6.45) is 2.84. The lowest BCUT2D eigenvalue weighted by atomic mass is 10.1. The van der Waals surface area contributed by atoms with Gasteiger partial charge >= 0.3 is 0 Å². The van der Waals surface area contributed by atoms with Crippen LogP contribution in [0.1, 0.15) is 0 Å². The van der Waals surface area contributed by atoms with Gasteiger partial charge in [-0.1, -0.05) is 11.8 Å². The summed E-state index contributed by atoms with van der Waals surface area (Å²) in [5, 5.41) is 0. The number of carbonyl (C=O) groups is 1. The molecule has 0 aromatic carbocycles. The van der Waals surface area contributed by atoms with Crippen molar-refractivity contribution < 1.29 is 9.18 Å². The van der Waals surface area contributed by atoms with Crippen LogP contribution in [0.3, 0.4) is 0 Å². The lowest BCUT2D eigenvalue weighted by molar-refractivity contribution is -0.130. The fourth-order valence-corrected chi connectivity index (χ4v) is 1.27. The van der Waals surface area contributed by atoms with Gasteiger partial charge in [-0.2, -0.15) is 0 Å². The first kappa shape index (κ1) is 11.2. The minimum Gasteiger partial charge on any atom is -0.347 e. The van der Waals surface area contributed by atoms with Gasteiger partial charge in [0.25, 0.3) is 0 Å². The first-order chi connectivity index (χ1) is 6.52. The Labute approximate surface area is 96.0 Å². The summed E-state index contributed by atoms with van der Waals surface area (Å²) in [5.74, 6) is 3.55. The van der Waals surface area contributed by atoms with Crippen molar-refractivity contribution in [1.29, 1.82) is 0 Å². The molecule has 0 saturated carbocycles. The van der Waals surface area contributed by atoms with Gasteiger partial charge in [0.2, 0.25) is 5.91 Å². The summed E-state index contributed by atoms with van der Waals surface area (Å²) in [4.78, 5) is 12.8. The summed E-state index contributed by atoms with van der Waals surface area (Å²) in [5.41, 5.74) is 0. The number of hydrogen-bond acceptors (Lipinski definition) is 1. The molecule has 1 aliphatic rings. The van der Waals surface area contributed by atoms with Crippen molar-refractivity contribution in [2.24, 2.45) is 5.92 Å². The maximum atomic E-state index is 13.4. The Kier molecular flexibility index (Phi) is 3.69. The highest BCUT2D eigenvalue weighted by atomic mass is 127. The minimum absolute atomic E-state index is 0.328. The molecule has 1 unspecified atom stereocenters. The quantitative estimate of drug-likeness (QED) is 0.535. The van der Waals surface area contributed by atoms with Gasteiger partial charge < -0.3 is 4.90 Å². The molecule has 1 atom stereocenters. The van der Waals surface area contributed by atoms with Crippen LogP contribution in [-0.2, 0) is 4.79 Å². The molecule has 0 fully saturated rings. The van der Waals surface area contributed by atoms with E-state index in [-0.39, 0.29) is 5.91 Å². The average Bonchev–Trinajstić information content (AvgIpc) is 2.28. The number of allylic oxidation sites excluding steroid dienone is 3. The van der Waals surface area contributed by atoms with Crippen LogP contribution in [0.4, 0.5) is 4.39 Å². The lowest BCUT2D eigenvalue weighted by Crippen LogP contribution is -2.29. The maximum absolute atomic E-state index is 13.4. The van der Waals surface area contributed by atoms with Gasteiger partial charge in [0, 0.05) is 14.1 Å². The van der Waals surface area contributed by atoms with Crippen LogP contribution in [0.5, 0.6) is 0 Å². The van der Waals surface area contributed by atoms with Crippen molar-refractivity contribution in [2.45, 2.75) is 0 Å². The molecule has 74 valence electrons. The maximum Gasteiger partial charge on any atom is 0.244 e. The Balaban J connectivity index is 2.97. The normalized spacial score (nSPS) is 19.9. The standard InChI is InChI=1S/C10H9FINO/c1-13(2)10(14)8-5-3-7(12)4-6-9(8)11/h4,6,8H,1-2H3. The summed E-state index contributed by atoms with van der Waals surface area (Å²) >= 11 is 1.99. The molecular formula is C10H9FINO. The summed E-state index contributed by atoms with van der Waals surface area (Å²) in [6, 6.07) is 0. The largest absolute Gasteiger partial charge is 0.347 e. The zero-order valence-electron chi connectivity index (χ0n) is 7.84. The van der Waals surface area contributed by atoms with Crippen LogP contribution < -0.4 is 0 Å². The van der Waals surface area contributed by atoms with Crippen molar-refractivity contribution in [3.63, 3.8) is 0 Å². The fourth-order valence-electron chi connectivity index (χ4n) is 0.939. The van der Waals surface area contributed by atoms with E-state index < -0.39 is 11.7 Å². The second kappa shape index (κ2) is 4.60. The number of amides is 1. The van der Waals surface area contributed by atoms with Gasteiger partial charge in [-0.05, 0) is 34.7 Å². The van der Waals surface area contributed by atoms with E-state index in [0.29, 0.717) is 0 Å². The van der Waals surface area contributed by atoms with Gasteiger partial charge in [0.05, 0.1) is 3.58 Å². The Bertz CT molecular complexity index is 373. The van der Waals surface area contributed by atoms with Gasteiger partial charge in [0.1, 0.15) is 5.83 Å². The Morgan fingerprint density at radius 3 is 2.79 bits per heavy atom. The Morgan fingerprint density at radius 1 is 1.57 bits per heavy atom. The van der Waals surface area contributed by atoms with Crippen LogP contribution in [0, 0.1) is 17.8 Å². The van der Waals surface area contributed by atoms with E-state index in [4.69, 9.17) is 0 Å². The zero-order valence-corrected chi connectivity index (χ0v) is 10.0. The number of carbonyl (C=O) groups excluding carboxylic acids is 1. The molecule has 2 nitrogen and oxygen atoms in total. The van der Waals surface area contributed by atoms with Crippen molar-refractivity contribution in [3.8, 4) is 11.8 Å². The molecule has 0 radical (unpaired) electrons. The average molecular weight is 305 g/mol. The topological polar surface area (TPSA) is 20.3 Å². The Morgan fingerprint density at radius 2 is 2.21 bits per heavy atom. The van der Waals surface area contributed by atoms with Crippen molar-refractivity contribution in [2.75, 3.05) is 14.1 Å². The first-order valence-corrected chi connectivity index (χ1v) is 5.06. The third kappa shape index (κ3) is 2.58. The number of nitrogens with zero attached hydrogens (tertiary/aromatic N) is 1. The highest BCUT2D eigenvalue weighted by molar-refractivity contribution is 14.1. The first-order valence-electron chi connectivity index (χ1n) is 3.98. The minimum atomic E-state index is -0.950. The summed E-state index contributed by atoms with van der Waals surface area (Å²) in [7, 11) is 3.17. The zero-order chi connectivity index (χ0) is 10.7. The van der Waals surface area contributed by atoms with Gasteiger partial charge in [-0.3, -0.25) is 4.79 Å². The molecule has 0 bridgehead atoms. The SMILES string of the molecule is CN(C)C(=O)C1C#CC(I)=CC=C1F. The number of halogens is 2. The van der Waals surface area contributed by atoms with Crippen molar-refractivity contribution in [1.82, 2.24) is 4.90 Å². The molecule has 0 heterocycles. The van der Waals surface area contributed by atoms with Gasteiger partial charge in [-0.15, -0.1) is 0 Å². The van der Waals surface area contributed by atoms with E-state index in [9.17, 15) is 9.18 Å². The third-order valence-corrected chi connectivity index (χ3v) is 2.32. The van der Waals surface area contributed by atoms with Gasteiger partial charge in [-0.25, -0.2) is 4.39 Å². The van der Waals surface area contributed by atoms with Gasteiger partial charge in [0.15, 0.2) is 5.92 Å². The predicted octanol–water partition coefficient (Wildman–Crippen LogP) is 1.88. The highest BCUT2D eigenvalue weighted by Crippen LogP contribution is 2.19. The molecule has 1 aliphatic carbocycles. The van der Waals surface area contributed by atoms with E-state index >= 15 is 0 Å². The highest BCUT2D eigenvalue weighted by Gasteiger charge is 2.23. The molecule has 1 amide bonds. The predicted molar refractivity (Wildman–Crippen MR) is 61.3 cm³/mol. The molecule has 1 rings (SSSR count). The number of hydrogen-bond donors (Lipinski definition) is 0. The fraction of sp³-hybridized carbons (Fsp3) is 0.300. The third-order valence-electron chi connectivity index (χ3n) is 1.69. The summed E-state index contributed by atoms with van der Waals surface area (Å²) in [6.45, 7) is 0. The van der Waals surface area contributed by atoms with Crippen LogP contribution in [-0.4, -0.2) is 24.9 Å². The van der Waals surface area contributed by atoms with E-state index in [0.717, 1.165) is 3.58 Å². The van der Waals surface area contributed by atoms with Crippen molar-refractivity contribution in [3.05, 3.63) is 21.6 Å². The Hall–Kier alpha value is -0.830. The molecule has 0 aromatic rings. The molecular weight excluding hydrogens is 296 g/mol. The molecule has 0 saturated heterocycles. The second-order valence-electron chi connectivity index (χ2n) is 3.00. The van der Waals surface area contributed by atoms with Crippen LogP contribution in [0.25, 0.3) is 0 Å². The van der Waals surface area contributed by atoms with E-state index in [1.807, 2.05) is 22.6 Å². The molecule has 4 heteroatoms. The number of rotatable bonds is 1. The van der Waals surface area contributed by atoms with E-state index in [1.54, 1.807) is 20.2 Å². The molecule has 0 N–H and O–H groups in total. The van der Waals surface area contributed by atoms with Crippen LogP contribution in [0.2, 0.25) is 0 Å². The second-order valence-corrected chi connectivity index (χ2v) is 4.16. The van der Waals surface area contributed by atoms with E-state index in [1.165, 1.54) is 11.0 Å². The molecule has 0 aliphatic heterocycles. The lowest BCUT2D eigenvalue weighted by Gasteiger charge is -2.13. The summed E-state index contributed by atoms with van der Waals surface area (Å²) < 4.78 is 14.1. The van der Waals surface area contributed by atoms with E-state index in [2.05, 4.69) is 11.8 Å². The molecule has 0 spiro atoms.